The average Bonchev–Trinajstić information content (AvgIpc) is 2.46. The summed E-state index contributed by atoms with van der Waals surface area (Å²) in [4.78, 5) is 11.0. The molecule has 2 nitrogen and oxygen atoms in total. The third kappa shape index (κ3) is 0.285. The van der Waals surface area contributed by atoms with E-state index in [1.165, 1.54) is 5.57 Å². The van der Waals surface area contributed by atoms with Gasteiger partial charge in [0.05, 0.1) is 5.92 Å². The quantitative estimate of drug-likeness (QED) is 0.362. The molecule has 1 heterocycles. The molecular formula is C8H8O2. The van der Waals surface area contributed by atoms with Crippen LogP contribution in [0.25, 0.3) is 0 Å². The molecule has 3 saturated carbocycles. The van der Waals surface area contributed by atoms with Crippen LogP contribution in [-0.4, -0.2) is 12.1 Å². The second kappa shape index (κ2) is 1.16. The first-order valence-electron chi connectivity index (χ1n) is 3.68. The number of hydrogen-bond acceptors (Lipinski definition) is 2. The van der Waals surface area contributed by atoms with E-state index in [9.17, 15) is 4.79 Å². The van der Waals surface area contributed by atoms with Gasteiger partial charge < -0.3 is 4.74 Å². The maximum atomic E-state index is 11.0. The Balaban J connectivity index is 2.11. The Morgan fingerprint density at radius 3 is 2.80 bits per heavy atom. The molecule has 4 aliphatic rings. The fraction of sp³-hybridized carbons (Fsp3) is 0.625. The van der Waals surface area contributed by atoms with E-state index in [0.29, 0.717) is 11.8 Å². The van der Waals surface area contributed by atoms with Crippen molar-refractivity contribution in [2.45, 2.75) is 12.5 Å². The van der Waals surface area contributed by atoms with Crippen LogP contribution in [0.3, 0.4) is 0 Å². The smallest absolute Gasteiger partial charge is 0.310 e. The molecule has 0 spiro atoms. The molecule has 4 fully saturated rings. The van der Waals surface area contributed by atoms with Crippen LogP contribution in [0.4, 0.5) is 0 Å². The van der Waals surface area contributed by atoms with E-state index < -0.39 is 0 Å². The third-order valence-corrected chi connectivity index (χ3v) is 3.15. The third-order valence-electron chi connectivity index (χ3n) is 3.15. The topological polar surface area (TPSA) is 26.3 Å². The molecule has 1 saturated heterocycles. The predicted octanol–water partition coefficient (Wildman–Crippen LogP) is 0.734. The summed E-state index contributed by atoms with van der Waals surface area (Å²) in [5.41, 5.74) is 1.26. The molecule has 0 radical (unpaired) electrons. The Bertz CT molecular complexity index is 236. The Labute approximate surface area is 58.9 Å². The number of rotatable bonds is 0. The van der Waals surface area contributed by atoms with Crippen molar-refractivity contribution >= 4 is 5.97 Å². The van der Waals surface area contributed by atoms with Crippen LogP contribution in [0.1, 0.15) is 6.42 Å². The summed E-state index contributed by atoms with van der Waals surface area (Å²) < 4.78 is 5.08. The van der Waals surface area contributed by atoms with E-state index in [1.54, 1.807) is 0 Å². The molecule has 4 rings (SSSR count). The van der Waals surface area contributed by atoms with Crippen LogP contribution < -0.4 is 0 Å². The van der Waals surface area contributed by atoms with Crippen LogP contribution in [0.15, 0.2) is 12.2 Å². The molecule has 0 aromatic carbocycles. The lowest BCUT2D eigenvalue weighted by molar-refractivity contribution is -0.149. The average molecular weight is 136 g/mol. The summed E-state index contributed by atoms with van der Waals surface area (Å²) in [6.07, 6.45) is 1.27. The van der Waals surface area contributed by atoms with E-state index in [-0.39, 0.29) is 18.0 Å². The molecule has 0 aromatic rings. The van der Waals surface area contributed by atoms with Gasteiger partial charge in [0.15, 0.2) is 0 Å². The normalized spacial score (nSPS) is 54.8. The van der Waals surface area contributed by atoms with Crippen molar-refractivity contribution in [2.24, 2.45) is 17.8 Å². The van der Waals surface area contributed by atoms with Crippen LogP contribution >= 0.6 is 0 Å². The first kappa shape index (κ1) is 4.94. The molecule has 4 atom stereocenters. The molecule has 4 bridgehead atoms. The van der Waals surface area contributed by atoms with E-state index in [4.69, 9.17) is 4.74 Å². The summed E-state index contributed by atoms with van der Waals surface area (Å²) >= 11 is 0. The summed E-state index contributed by atoms with van der Waals surface area (Å²) in [6, 6.07) is 0. The minimum atomic E-state index is 0.0265. The fourth-order valence-corrected chi connectivity index (χ4v) is 2.67. The van der Waals surface area contributed by atoms with Gasteiger partial charge in [-0.25, -0.2) is 0 Å². The van der Waals surface area contributed by atoms with Gasteiger partial charge in [-0.3, -0.25) is 4.79 Å². The summed E-state index contributed by atoms with van der Waals surface area (Å²) in [5, 5.41) is 0. The predicted molar refractivity (Wildman–Crippen MR) is 34.1 cm³/mol. The Kier molecular flexibility index (Phi) is 0.571. The van der Waals surface area contributed by atoms with E-state index in [2.05, 4.69) is 6.58 Å². The molecule has 0 amide bonds. The largest absolute Gasteiger partial charge is 0.461 e. The first-order valence-corrected chi connectivity index (χ1v) is 3.68. The van der Waals surface area contributed by atoms with Crippen molar-refractivity contribution in [3.8, 4) is 0 Å². The Hall–Kier alpha value is -0.790. The number of carbonyl (C=O) groups is 1. The van der Waals surface area contributed by atoms with E-state index in [0.717, 1.165) is 6.42 Å². The maximum Gasteiger partial charge on any atom is 0.310 e. The lowest BCUT2D eigenvalue weighted by Gasteiger charge is -2.31. The molecule has 0 unspecified atom stereocenters. The van der Waals surface area contributed by atoms with Crippen molar-refractivity contribution in [2.75, 3.05) is 0 Å². The van der Waals surface area contributed by atoms with Gasteiger partial charge in [-0.1, -0.05) is 12.2 Å². The van der Waals surface area contributed by atoms with Crippen molar-refractivity contribution in [3.05, 3.63) is 12.2 Å². The van der Waals surface area contributed by atoms with Gasteiger partial charge in [0.25, 0.3) is 0 Å². The second-order valence-corrected chi connectivity index (χ2v) is 3.44. The first-order chi connectivity index (χ1) is 4.79. The minimum Gasteiger partial charge on any atom is -0.461 e. The SMILES string of the molecule is C=C1[C@@H]2[C@H]3C(=O)O[C@@H]2C[C@@H]13. The lowest BCUT2D eigenvalue weighted by atomic mass is 9.69. The van der Waals surface area contributed by atoms with Gasteiger partial charge in [-0.05, 0) is 12.3 Å². The molecule has 52 valence electrons. The zero-order chi connectivity index (χ0) is 6.88. The van der Waals surface area contributed by atoms with Crippen LogP contribution in [0, 0.1) is 17.8 Å². The van der Waals surface area contributed by atoms with Gasteiger partial charge in [0.2, 0.25) is 0 Å². The highest BCUT2D eigenvalue weighted by molar-refractivity contribution is 5.81. The maximum absolute atomic E-state index is 11.0. The summed E-state index contributed by atoms with van der Waals surface area (Å²) in [7, 11) is 0. The van der Waals surface area contributed by atoms with Gasteiger partial charge >= 0.3 is 5.97 Å². The number of carbonyl (C=O) groups excluding carboxylic acids is 1. The number of hydrogen-bond donors (Lipinski definition) is 0. The van der Waals surface area contributed by atoms with Crippen molar-refractivity contribution in [1.82, 2.24) is 0 Å². The van der Waals surface area contributed by atoms with E-state index in [1.807, 2.05) is 0 Å². The molecular weight excluding hydrogens is 128 g/mol. The number of esters is 1. The molecule has 1 aliphatic heterocycles. The van der Waals surface area contributed by atoms with Crippen LogP contribution in [-0.2, 0) is 9.53 Å². The van der Waals surface area contributed by atoms with Crippen LogP contribution in [0.5, 0.6) is 0 Å². The zero-order valence-electron chi connectivity index (χ0n) is 5.54. The van der Waals surface area contributed by atoms with Crippen molar-refractivity contribution in [3.63, 3.8) is 0 Å². The van der Waals surface area contributed by atoms with Gasteiger partial charge in [0.1, 0.15) is 6.10 Å². The van der Waals surface area contributed by atoms with Gasteiger partial charge in [-0.2, -0.15) is 0 Å². The molecule has 3 aliphatic carbocycles. The molecule has 0 aromatic heterocycles. The standard InChI is InChI=1S/C8H8O2/c1-3-4-2-5-6(3)7(4)8(9)10-5/h4-7H,1-2H2/t4-,5+,6-,7-/m0/s1. The summed E-state index contributed by atoms with van der Waals surface area (Å²) in [5.74, 6) is 1.16. The van der Waals surface area contributed by atoms with E-state index >= 15 is 0 Å². The highest BCUT2D eigenvalue weighted by atomic mass is 16.6. The van der Waals surface area contributed by atoms with Crippen molar-refractivity contribution in [1.29, 1.82) is 0 Å². The Morgan fingerprint density at radius 1 is 1.50 bits per heavy atom. The minimum absolute atomic E-state index is 0.0265. The van der Waals surface area contributed by atoms with Crippen LogP contribution in [0.2, 0.25) is 0 Å². The fourth-order valence-electron chi connectivity index (χ4n) is 2.67. The highest BCUT2D eigenvalue weighted by Gasteiger charge is 2.66. The summed E-state index contributed by atoms with van der Waals surface area (Å²) in [6.45, 7) is 3.93. The monoisotopic (exact) mass is 136 g/mol. The van der Waals surface area contributed by atoms with Gasteiger partial charge in [-0.15, -0.1) is 0 Å². The lowest BCUT2D eigenvalue weighted by Crippen LogP contribution is -2.33. The van der Waals surface area contributed by atoms with Crippen molar-refractivity contribution < 1.29 is 9.53 Å². The molecule has 2 heteroatoms. The highest BCUT2D eigenvalue weighted by Crippen LogP contribution is 2.62. The number of ether oxygens (including phenoxy) is 1. The Morgan fingerprint density at radius 2 is 2.30 bits per heavy atom. The second-order valence-electron chi connectivity index (χ2n) is 3.44. The zero-order valence-corrected chi connectivity index (χ0v) is 5.54. The molecule has 10 heavy (non-hydrogen) atoms. The van der Waals surface area contributed by atoms with Gasteiger partial charge in [0, 0.05) is 5.92 Å². The molecule has 0 N–H and O–H groups in total.